The topological polar surface area (TPSA) is 76.4 Å². The van der Waals surface area contributed by atoms with Gasteiger partial charge in [0.2, 0.25) is 0 Å². The summed E-state index contributed by atoms with van der Waals surface area (Å²) in [6, 6.07) is 11.0. The summed E-state index contributed by atoms with van der Waals surface area (Å²) < 4.78 is 9.94. The van der Waals surface area contributed by atoms with Gasteiger partial charge in [0.05, 0.1) is 19.3 Å². The zero-order valence-electron chi connectivity index (χ0n) is 12.2. The molecule has 5 nitrogen and oxygen atoms in total. The van der Waals surface area contributed by atoms with Gasteiger partial charge in [-0.3, -0.25) is 9.59 Å². The number of ether oxygens (including phenoxy) is 2. The molecule has 0 amide bonds. The van der Waals surface area contributed by atoms with Gasteiger partial charge in [-0.15, -0.1) is 0 Å². The summed E-state index contributed by atoms with van der Waals surface area (Å²) in [6.45, 7) is 3.68. The largest absolute Gasteiger partial charge is 0.465 e. The summed E-state index contributed by atoms with van der Waals surface area (Å²) in [5, 5.41) is 9.02. The Labute approximate surface area is 124 Å². The summed E-state index contributed by atoms with van der Waals surface area (Å²) in [4.78, 5) is 24.2. The van der Waals surface area contributed by atoms with E-state index >= 15 is 0 Å². The lowest BCUT2D eigenvalue weighted by molar-refractivity contribution is -0.162. The molecule has 0 bridgehead atoms. The molecule has 0 unspecified atom stereocenters. The summed E-state index contributed by atoms with van der Waals surface area (Å²) in [6.07, 6.45) is 0.0340. The number of nitriles is 1. The Hall–Kier alpha value is -2.35. The van der Waals surface area contributed by atoms with Crippen LogP contribution in [0.3, 0.4) is 0 Å². The van der Waals surface area contributed by atoms with Gasteiger partial charge < -0.3 is 9.47 Å². The minimum atomic E-state index is -1.12. The molecule has 0 spiro atoms. The second kappa shape index (κ2) is 8.75. The molecule has 0 aliphatic heterocycles. The highest BCUT2D eigenvalue weighted by molar-refractivity contribution is 5.96. The van der Waals surface area contributed by atoms with Crippen molar-refractivity contribution in [3.8, 4) is 6.07 Å². The predicted octanol–water partition coefficient (Wildman–Crippen LogP) is 2.43. The number of carbonyl (C=O) groups excluding carboxylic acids is 2. The maximum atomic E-state index is 12.1. The predicted molar refractivity (Wildman–Crippen MR) is 76.2 cm³/mol. The van der Waals surface area contributed by atoms with Crippen LogP contribution in [0.25, 0.3) is 0 Å². The van der Waals surface area contributed by atoms with Crippen LogP contribution >= 0.6 is 0 Å². The lowest BCUT2D eigenvalue weighted by Crippen LogP contribution is -2.33. The highest BCUT2D eigenvalue weighted by atomic mass is 16.6. The molecule has 1 rings (SSSR count). The third-order valence-corrected chi connectivity index (χ3v) is 3.02. The van der Waals surface area contributed by atoms with E-state index in [2.05, 4.69) is 0 Å². The van der Waals surface area contributed by atoms with E-state index in [1.54, 1.807) is 38.1 Å². The van der Waals surface area contributed by atoms with E-state index in [4.69, 9.17) is 14.7 Å². The van der Waals surface area contributed by atoms with Gasteiger partial charge in [0.15, 0.2) is 5.92 Å². The molecule has 0 N–H and O–H groups in total. The molecule has 0 aliphatic carbocycles. The molecule has 1 aromatic carbocycles. The zero-order chi connectivity index (χ0) is 15.7. The van der Waals surface area contributed by atoms with Crippen LogP contribution in [-0.4, -0.2) is 25.2 Å². The molecule has 112 valence electrons. The quantitative estimate of drug-likeness (QED) is 0.569. The lowest BCUT2D eigenvalue weighted by Gasteiger charge is -2.22. The van der Waals surface area contributed by atoms with Crippen LogP contribution in [0.4, 0.5) is 0 Å². The fraction of sp³-hybridized carbons (Fsp3) is 0.438. The minimum absolute atomic E-state index is 0.0340. The Morgan fingerprint density at radius 1 is 1.10 bits per heavy atom. The second-order valence-corrected chi connectivity index (χ2v) is 4.36. The Kier molecular flexibility index (Phi) is 6.96. The van der Waals surface area contributed by atoms with Crippen molar-refractivity contribution in [1.29, 1.82) is 5.26 Å². The molecule has 0 fully saturated rings. The second-order valence-electron chi connectivity index (χ2n) is 4.36. The highest BCUT2D eigenvalue weighted by Gasteiger charge is 2.38. The first kappa shape index (κ1) is 16.7. The summed E-state index contributed by atoms with van der Waals surface area (Å²) >= 11 is 0. The summed E-state index contributed by atoms with van der Waals surface area (Å²) in [5.74, 6) is -3.00. The molecule has 0 aliphatic rings. The Morgan fingerprint density at radius 3 is 2.05 bits per heavy atom. The Bertz CT molecular complexity index is 489. The maximum Gasteiger partial charge on any atom is 0.320 e. The van der Waals surface area contributed by atoms with Crippen molar-refractivity contribution in [2.75, 3.05) is 13.2 Å². The number of rotatable bonds is 7. The highest BCUT2D eigenvalue weighted by Crippen LogP contribution is 2.30. The van der Waals surface area contributed by atoms with Crippen molar-refractivity contribution in [3.05, 3.63) is 35.9 Å². The van der Waals surface area contributed by atoms with Crippen LogP contribution in [0.2, 0.25) is 0 Å². The standard InChI is InChI=1S/C16H19NO4/c1-3-20-15(18)14(16(19)21-4-2)13(10-11-17)12-8-6-5-7-9-12/h5-9,13-14H,3-4,10H2,1-2H3/t13-/m0/s1. The van der Waals surface area contributed by atoms with Crippen molar-refractivity contribution in [2.45, 2.75) is 26.2 Å². The SMILES string of the molecule is CCOC(=O)C(C(=O)OCC)[C@@H](CC#N)c1ccccc1. The molecular formula is C16H19NO4. The van der Waals surface area contributed by atoms with Gasteiger partial charge in [0.1, 0.15) is 0 Å². The van der Waals surface area contributed by atoms with Crippen molar-refractivity contribution in [3.63, 3.8) is 0 Å². The zero-order valence-corrected chi connectivity index (χ0v) is 12.2. The summed E-state index contributed by atoms with van der Waals surface area (Å²) in [7, 11) is 0. The average Bonchev–Trinajstić information content (AvgIpc) is 2.48. The molecule has 5 heteroatoms. The molecule has 0 aromatic heterocycles. The minimum Gasteiger partial charge on any atom is -0.465 e. The molecule has 0 heterocycles. The van der Waals surface area contributed by atoms with E-state index in [0.29, 0.717) is 0 Å². The van der Waals surface area contributed by atoms with Crippen molar-refractivity contribution in [1.82, 2.24) is 0 Å². The van der Waals surface area contributed by atoms with E-state index in [1.807, 2.05) is 12.1 Å². The van der Waals surface area contributed by atoms with Gasteiger partial charge in [0, 0.05) is 12.3 Å². The van der Waals surface area contributed by atoms with Gasteiger partial charge >= 0.3 is 11.9 Å². The van der Waals surface area contributed by atoms with Gasteiger partial charge in [-0.25, -0.2) is 0 Å². The number of esters is 2. The molecule has 1 aromatic rings. The summed E-state index contributed by atoms with van der Waals surface area (Å²) in [5.41, 5.74) is 0.741. The van der Waals surface area contributed by atoms with E-state index in [0.717, 1.165) is 5.56 Å². The molecule has 0 radical (unpaired) electrons. The molecular weight excluding hydrogens is 270 g/mol. The smallest absolute Gasteiger partial charge is 0.320 e. The molecule has 1 atom stereocenters. The molecule has 21 heavy (non-hydrogen) atoms. The van der Waals surface area contributed by atoms with Gasteiger partial charge in [-0.1, -0.05) is 30.3 Å². The Balaban J connectivity index is 3.14. The van der Waals surface area contributed by atoms with Crippen LogP contribution in [-0.2, 0) is 19.1 Å². The van der Waals surface area contributed by atoms with Crippen LogP contribution < -0.4 is 0 Å². The van der Waals surface area contributed by atoms with E-state index in [9.17, 15) is 9.59 Å². The van der Waals surface area contributed by atoms with Crippen molar-refractivity contribution >= 4 is 11.9 Å². The van der Waals surface area contributed by atoms with E-state index in [1.165, 1.54) is 0 Å². The van der Waals surface area contributed by atoms with Gasteiger partial charge in [0.25, 0.3) is 0 Å². The fourth-order valence-corrected chi connectivity index (χ4v) is 2.12. The third kappa shape index (κ3) is 4.60. The van der Waals surface area contributed by atoms with Gasteiger partial charge in [-0.05, 0) is 19.4 Å². The van der Waals surface area contributed by atoms with Crippen molar-refractivity contribution in [2.24, 2.45) is 5.92 Å². The first-order valence-electron chi connectivity index (χ1n) is 6.90. The van der Waals surface area contributed by atoms with E-state index in [-0.39, 0.29) is 19.6 Å². The maximum absolute atomic E-state index is 12.1. The third-order valence-electron chi connectivity index (χ3n) is 3.02. The fourth-order valence-electron chi connectivity index (χ4n) is 2.12. The van der Waals surface area contributed by atoms with Gasteiger partial charge in [-0.2, -0.15) is 5.26 Å². The van der Waals surface area contributed by atoms with Crippen LogP contribution in [0.15, 0.2) is 30.3 Å². The lowest BCUT2D eigenvalue weighted by atomic mass is 9.84. The van der Waals surface area contributed by atoms with Crippen molar-refractivity contribution < 1.29 is 19.1 Å². The Morgan fingerprint density at radius 2 is 1.62 bits per heavy atom. The molecule has 0 saturated heterocycles. The van der Waals surface area contributed by atoms with Crippen LogP contribution in [0, 0.1) is 17.2 Å². The van der Waals surface area contributed by atoms with Crippen LogP contribution in [0.1, 0.15) is 31.7 Å². The average molecular weight is 289 g/mol. The van der Waals surface area contributed by atoms with E-state index < -0.39 is 23.8 Å². The number of benzene rings is 1. The number of nitrogens with zero attached hydrogens (tertiary/aromatic N) is 1. The molecule has 0 saturated carbocycles. The number of carbonyl (C=O) groups is 2. The monoisotopic (exact) mass is 289 g/mol. The first-order valence-corrected chi connectivity index (χ1v) is 6.90. The number of hydrogen-bond donors (Lipinski definition) is 0. The first-order chi connectivity index (χ1) is 10.2. The normalized spacial score (nSPS) is 11.5. The number of hydrogen-bond acceptors (Lipinski definition) is 5. The van der Waals surface area contributed by atoms with Crippen LogP contribution in [0.5, 0.6) is 0 Å².